The zero-order valence-corrected chi connectivity index (χ0v) is 15.5. The second-order valence-corrected chi connectivity index (χ2v) is 6.22. The van der Waals surface area contributed by atoms with Crippen molar-refractivity contribution in [2.24, 2.45) is 5.16 Å². The van der Waals surface area contributed by atoms with E-state index in [1.807, 2.05) is 24.3 Å². The van der Waals surface area contributed by atoms with E-state index in [1.165, 1.54) is 13.3 Å². The predicted molar refractivity (Wildman–Crippen MR) is 98.9 cm³/mol. The van der Waals surface area contributed by atoms with Gasteiger partial charge in [-0.3, -0.25) is 4.79 Å². The molecule has 0 aromatic heterocycles. The highest BCUT2D eigenvalue weighted by atomic mass is 79.9. The Balaban J connectivity index is 1.95. The summed E-state index contributed by atoms with van der Waals surface area (Å²) < 4.78 is 6.16. The molecule has 7 heteroatoms. The highest BCUT2D eigenvalue weighted by molar-refractivity contribution is 9.10. The van der Waals surface area contributed by atoms with Crippen molar-refractivity contribution in [1.82, 2.24) is 0 Å². The Morgan fingerprint density at radius 1 is 1.29 bits per heavy atom. The molecule has 0 saturated carbocycles. The van der Waals surface area contributed by atoms with Crippen molar-refractivity contribution >= 4 is 45.3 Å². The summed E-state index contributed by atoms with van der Waals surface area (Å²) >= 11 is 9.29. The molecule has 0 aliphatic heterocycles. The van der Waals surface area contributed by atoms with Crippen molar-refractivity contribution in [2.75, 3.05) is 12.4 Å². The molecule has 0 unspecified atom stereocenters. The van der Waals surface area contributed by atoms with Gasteiger partial charge in [0.05, 0.1) is 19.0 Å². The number of halogens is 2. The molecule has 0 bridgehead atoms. The van der Waals surface area contributed by atoms with Crippen LogP contribution < -0.4 is 10.1 Å². The van der Waals surface area contributed by atoms with E-state index in [0.29, 0.717) is 16.5 Å². The Morgan fingerprint density at radius 2 is 2.00 bits per heavy atom. The average Bonchev–Trinajstić information content (AvgIpc) is 2.56. The molecule has 0 radical (unpaired) electrons. The SMILES string of the molecule is COc1ccc(Cl)cc1NC(=O)[C@@H](C)O/N=C\c1ccc(Br)cc1. The summed E-state index contributed by atoms with van der Waals surface area (Å²) in [6.45, 7) is 1.60. The third kappa shape index (κ3) is 5.25. The van der Waals surface area contributed by atoms with Crippen LogP contribution in [-0.4, -0.2) is 25.3 Å². The van der Waals surface area contributed by atoms with E-state index < -0.39 is 6.10 Å². The van der Waals surface area contributed by atoms with Gasteiger partial charge < -0.3 is 14.9 Å². The molecule has 0 heterocycles. The minimum absolute atomic E-state index is 0.358. The van der Waals surface area contributed by atoms with Gasteiger partial charge in [-0.1, -0.05) is 44.8 Å². The topological polar surface area (TPSA) is 59.9 Å². The van der Waals surface area contributed by atoms with Crippen molar-refractivity contribution in [3.8, 4) is 5.75 Å². The van der Waals surface area contributed by atoms with Crippen LogP contribution in [0.5, 0.6) is 5.75 Å². The maximum Gasteiger partial charge on any atom is 0.268 e. The number of amides is 1. The van der Waals surface area contributed by atoms with E-state index in [1.54, 1.807) is 25.1 Å². The van der Waals surface area contributed by atoms with E-state index >= 15 is 0 Å². The largest absolute Gasteiger partial charge is 0.495 e. The molecule has 0 spiro atoms. The van der Waals surface area contributed by atoms with Crippen LogP contribution in [0.15, 0.2) is 52.1 Å². The molecule has 2 aromatic carbocycles. The Morgan fingerprint density at radius 3 is 2.67 bits per heavy atom. The Bertz CT molecular complexity index is 735. The monoisotopic (exact) mass is 410 g/mol. The first-order valence-electron chi connectivity index (χ1n) is 7.09. The molecular formula is C17H16BrClN2O3. The number of nitrogens with zero attached hydrogens (tertiary/aromatic N) is 1. The van der Waals surface area contributed by atoms with Gasteiger partial charge in [0.2, 0.25) is 6.10 Å². The molecule has 1 N–H and O–H groups in total. The van der Waals surface area contributed by atoms with Crippen molar-refractivity contribution in [3.63, 3.8) is 0 Å². The summed E-state index contributed by atoms with van der Waals surface area (Å²) in [5.74, 6) is 0.154. The van der Waals surface area contributed by atoms with Crippen molar-refractivity contribution in [2.45, 2.75) is 13.0 Å². The van der Waals surface area contributed by atoms with Crippen LogP contribution in [0.3, 0.4) is 0 Å². The number of methoxy groups -OCH3 is 1. The second kappa shape index (κ2) is 8.70. The molecule has 2 aromatic rings. The molecule has 24 heavy (non-hydrogen) atoms. The molecular weight excluding hydrogens is 396 g/mol. The molecule has 2 rings (SSSR count). The molecule has 126 valence electrons. The second-order valence-electron chi connectivity index (χ2n) is 4.87. The summed E-state index contributed by atoms with van der Waals surface area (Å²) in [5.41, 5.74) is 1.34. The van der Waals surface area contributed by atoms with Crippen LogP contribution in [0.1, 0.15) is 12.5 Å². The van der Waals surface area contributed by atoms with E-state index in [9.17, 15) is 4.79 Å². The van der Waals surface area contributed by atoms with Crippen molar-refractivity contribution in [3.05, 3.63) is 57.5 Å². The lowest BCUT2D eigenvalue weighted by molar-refractivity contribution is -0.126. The minimum Gasteiger partial charge on any atom is -0.495 e. The van der Waals surface area contributed by atoms with E-state index in [0.717, 1.165) is 10.0 Å². The van der Waals surface area contributed by atoms with Gasteiger partial charge in [-0.2, -0.15) is 0 Å². The number of hydrogen-bond acceptors (Lipinski definition) is 4. The third-order valence-corrected chi connectivity index (χ3v) is 3.84. The number of benzene rings is 2. The van der Waals surface area contributed by atoms with Crippen LogP contribution in [0.2, 0.25) is 5.02 Å². The summed E-state index contributed by atoms with van der Waals surface area (Å²) in [6.07, 6.45) is 0.760. The fourth-order valence-corrected chi connectivity index (χ4v) is 2.23. The van der Waals surface area contributed by atoms with Gasteiger partial charge in [0.1, 0.15) is 5.75 Å². The van der Waals surface area contributed by atoms with E-state index in [4.69, 9.17) is 21.2 Å². The van der Waals surface area contributed by atoms with Crippen molar-refractivity contribution < 1.29 is 14.4 Å². The lowest BCUT2D eigenvalue weighted by Crippen LogP contribution is -2.26. The molecule has 1 atom stereocenters. The third-order valence-electron chi connectivity index (χ3n) is 3.08. The molecule has 0 saturated heterocycles. The number of ether oxygens (including phenoxy) is 1. The van der Waals surface area contributed by atoms with Gasteiger partial charge in [-0.25, -0.2) is 0 Å². The highest BCUT2D eigenvalue weighted by Crippen LogP contribution is 2.27. The number of oxime groups is 1. The standard InChI is InChI=1S/C17H16BrClN2O3/c1-11(24-20-10-12-3-5-13(18)6-4-12)17(22)21-15-9-14(19)7-8-16(15)23-2/h3-11H,1-2H3,(H,21,22)/b20-10-/t11-/m1/s1. The van der Waals surface area contributed by atoms with Gasteiger partial charge in [-0.05, 0) is 42.8 Å². The fraction of sp³-hybridized carbons (Fsp3) is 0.176. The maximum absolute atomic E-state index is 12.2. The number of rotatable bonds is 6. The molecule has 0 aliphatic rings. The summed E-state index contributed by atoms with van der Waals surface area (Å²) in [4.78, 5) is 17.3. The lowest BCUT2D eigenvalue weighted by atomic mass is 10.2. The number of carbonyl (C=O) groups excluding carboxylic acids is 1. The summed E-state index contributed by atoms with van der Waals surface area (Å²) in [6, 6.07) is 12.5. The quantitative estimate of drug-likeness (QED) is 0.563. The van der Waals surface area contributed by atoms with Gasteiger partial charge in [-0.15, -0.1) is 0 Å². The normalized spacial score (nSPS) is 12.0. The Kier molecular flexibility index (Phi) is 6.63. The van der Waals surface area contributed by atoms with Gasteiger partial charge in [0.25, 0.3) is 5.91 Å². The first-order valence-corrected chi connectivity index (χ1v) is 8.26. The van der Waals surface area contributed by atoms with Crippen LogP contribution in [0.25, 0.3) is 0 Å². The number of carbonyl (C=O) groups is 1. The molecule has 0 aliphatic carbocycles. The Hall–Kier alpha value is -2.05. The zero-order chi connectivity index (χ0) is 17.5. The number of hydrogen-bond donors (Lipinski definition) is 1. The Labute approximate surface area is 153 Å². The first-order chi connectivity index (χ1) is 11.5. The minimum atomic E-state index is -0.777. The summed E-state index contributed by atoms with van der Waals surface area (Å²) in [7, 11) is 1.52. The van der Waals surface area contributed by atoms with Gasteiger partial charge in [0.15, 0.2) is 0 Å². The number of nitrogens with one attached hydrogen (secondary N) is 1. The van der Waals surface area contributed by atoms with Crippen LogP contribution in [0, 0.1) is 0 Å². The fourth-order valence-electron chi connectivity index (χ4n) is 1.79. The zero-order valence-electron chi connectivity index (χ0n) is 13.1. The highest BCUT2D eigenvalue weighted by Gasteiger charge is 2.16. The summed E-state index contributed by atoms with van der Waals surface area (Å²) in [5, 5.41) is 7.03. The smallest absolute Gasteiger partial charge is 0.268 e. The maximum atomic E-state index is 12.2. The van der Waals surface area contributed by atoms with Gasteiger partial charge >= 0.3 is 0 Å². The molecule has 0 fully saturated rings. The lowest BCUT2D eigenvalue weighted by Gasteiger charge is -2.13. The number of anilines is 1. The first kappa shape index (κ1) is 18.3. The van der Waals surface area contributed by atoms with Crippen LogP contribution >= 0.6 is 27.5 Å². The van der Waals surface area contributed by atoms with Crippen molar-refractivity contribution in [1.29, 1.82) is 0 Å². The van der Waals surface area contributed by atoms with E-state index in [-0.39, 0.29) is 5.91 Å². The average molecular weight is 412 g/mol. The molecule has 1 amide bonds. The predicted octanol–water partition coefficient (Wildman–Crippen LogP) is 4.49. The van der Waals surface area contributed by atoms with E-state index in [2.05, 4.69) is 26.4 Å². The van der Waals surface area contributed by atoms with Crippen LogP contribution in [0.4, 0.5) is 5.69 Å². The van der Waals surface area contributed by atoms with Gasteiger partial charge in [0, 0.05) is 9.50 Å². The van der Waals surface area contributed by atoms with Crippen LogP contribution in [-0.2, 0) is 9.63 Å². The molecule has 5 nitrogen and oxygen atoms in total.